The summed E-state index contributed by atoms with van der Waals surface area (Å²) in [6.45, 7) is 3.97. The maximum Gasteiger partial charge on any atom is 0.250 e. The number of rotatable bonds is 3. The predicted octanol–water partition coefficient (Wildman–Crippen LogP) is 4.02. The van der Waals surface area contributed by atoms with Crippen molar-refractivity contribution in [3.63, 3.8) is 0 Å². The molecule has 4 nitrogen and oxygen atoms in total. The van der Waals surface area contributed by atoms with E-state index in [2.05, 4.69) is 21.4 Å². The van der Waals surface area contributed by atoms with Crippen LogP contribution in [0.1, 0.15) is 16.3 Å². The molecular formula is C15H13N3OS2. The molecule has 0 atom stereocenters. The van der Waals surface area contributed by atoms with Gasteiger partial charge < -0.3 is 0 Å². The number of nitrogens with one attached hydrogen (secondary N) is 1. The second kappa shape index (κ2) is 5.75. The van der Waals surface area contributed by atoms with Gasteiger partial charge in [0.05, 0.1) is 20.9 Å². The summed E-state index contributed by atoms with van der Waals surface area (Å²) >= 11 is 3.04. The van der Waals surface area contributed by atoms with E-state index in [1.165, 1.54) is 23.0 Å². The number of amides is 1. The lowest BCUT2D eigenvalue weighted by Crippen LogP contribution is -2.07. The van der Waals surface area contributed by atoms with Gasteiger partial charge in [-0.15, -0.1) is 11.3 Å². The molecule has 1 N–H and O–H groups in total. The fraction of sp³-hybridized carbons (Fsp3) is 0.133. The Morgan fingerprint density at radius 3 is 2.90 bits per heavy atom. The normalized spacial score (nSPS) is 11.3. The van der Waals surface area contributed by atoms with E-state index < -0.39 is 0 Å². The summed E-state index contributed by atoms with van der Waals surface area (Å²) in [5, 5.41) is 6.30. The molecule has 2 heterocycles. The van der Waals surface area contributed by atoms with Crippen LogP contribution in [-0.2, 0) is 4.79 Å². The number of carbonyl (C=O) groups is 1. The minimum Gasteiger partial charge on any atom is -0.298 e. The molecule has 0 radical (unpaired) electrons. The molecular weight excluding hydrogens is 302 g/mol. The molecule has 0 aliphatic heterocycles. The number of carbonyl (C=O) groups excluding carboxylic acids is 1. The van der Waals surface area contributed by atoms with Gasteiger partial charge >= 0.3 is 0 Å². The Bertz CT molecular complexity index is 832. The predicted molar refractivity (Wildman–Crippen MR) is 88.9 cm³/mol. The first-order valence-corrected chi connectivity index (χ1v) is 8.08. The molecule has 0 aliphatic carbocycles. The summed E-state index contributed by atoms with van der Waals surface area (Å²) in [6.07, 6.45) is 3.18. The highest BCUT2D eigenvalue weighted by Gasteiger charge is 2.06. The third-order valence-corrected chi connectivity index (χ3v) is 4.54. The van der Waals surface area contributed by atoms with Gasteiger partial charge in [-0.05, 0) is 37.6 Å². The lowest BCUT2D eigenvalue weighted by molar-refractivity contribution is -0.111. The Balaban J connectivity index is 1.72. The van der Waals surface area contributed by atoms with E-state index in [1.807, 2.05) is 31.4 Å². The molecule has 0 aliphatic rings. The molecule has 0 saturated heterocycles. The standard InChI is InChI=1S/C15H13N3OS2/c1-9-3-5-12-13(7-9)21-15(17-12)18-14(19)6-4-11-8-20-10(2)16-11/h3-8H,1-2H3,(H,17,18,19)/b6-4+. The first-order chi connectivity index (χ1) is 10.1. The average Bonchev–Trinajstić information content (AvgIpc) is 3.01. The Morgan fingerprint density at radius 1 is 1.29 bits per heavy atom. The van der Waals surface area contributed by atoms with Gasteiger partial charge in [-0.2, -0.15) is 0 Å². The zero-order valence-corrected chi connectivity index (χ0v) is 13.2. The third-order valence-electron chi connectivity index (χ3n) is 2.82. The molecule has 106 valence electrons. The minimum atomic E-state index is -0.198. The number of fused-ring (bicyclic) bond motifs is 1. The van der Waals surface area contributed by atoms with Crippen molar-refractivity contribution in [1.29, 1.82) is 0 Å². The number of anilines is 1. The molecule has 21 heavy (non-hydrogen) atoms. The van der Waals surface area contributed by atoms with Crippen LogP contribution >= 0.6 is 22.7 Å². The maximum atomic E-state index is 11.9. The fourth-order valence-electron chi connectivity index (χ4n) is 1.85. The van der Waals surface area contributed by atoms with Crippen LogP contribution in [0.3, 0.4) is 0 Å². The molecule has 6 heteroatoms. The maximum absolute atomic E-state index is 11.9. The van der Waals surface area contributed by atoms with Crippen LogP contribution in [0.15, 0.2) is 29.7 Å². The molecule has 0 unspecified atom stereocenters. The minimum absolute atomic E-state index is 0.198. The summed E-state index contributed by atoms with van der Waals surface area (Å²) in [6, 6.07) is 6.04. The largest absolute Gasteiger partial charge is 0.298 e. The quantitative estimate of drug-likeness (QED) is 0.743. The number of thiazole rings is 2. The topological polar surface area (TPSA) is 54.9 Å². The van der Waals surface area contributed by atoms with Gasteiger partial charge in [-0.3, -0.25) is 10.1 Å². The van der Waals surface area contributed by atoms with Crippen LogP contribution in [0.25, 0.3) is 16.3 Å². The van der Waals surface area contributed by atoms with Crippen LogP contribution in [0, 0.1) is 13.8 Å². The van der Waals surface area contributed by atoms with Crippen molar-refractivity contribution in [3.05, 3.63) is 45.9 Å². The first kappa shape index (κ1) is 13.9. The van der Waals surface area contributed by atoms with Crippen LogP contribution in [0.4, 0.5) is 5.13 Å². The highest BCUT2D eigenvalue weighted by atomic mass is 32.1. The van der Waals surface area contributed by atoms with E-state index in [0.29, 0.717) is 5.13 Å². The van der Waals surface area contributed by atoms with Crippen molar-refractivity contribution in [2.75, 3.05) is 5.32 Å². The summed E-state index contributed by atoms with van der Waals surface area (Å²) in [4.78, 5) is 20.5. The molecule has 0 fully saturated rings. The average molecular weight is 315 g/mol. The van der Waals surface area contributed by atoms with Gasteiger partial charge in [0.15, 0.2) is 5.13 Å². The summed E-state index contributed by atoms with van der Waals surface area (Å²) in [7, 11) is 0. The van der Waals surface area contributed by atoms with Crippen molar-refractivity contribution in [2.45, 2.75) is 13.8 Å². The van der Waals surface area contributed by atoms with Gasteiger partial charge in [0, 0.05) is 11.5 Å². The highest BCUT2D eigenvalue weighted by molar-refractivity contribution is 7.22. The second-order valence-corrected chi connectivity index (χ2v) is 6.70. The summed E-state index contributed by atoms with van der Waals surface area (Å²) < 4.78 is 1.07. The Labute approximate surface area is 130 Å². The Morgan fingerprint density at radius 2 is 2.14 bits per heavy atom. The number of benzene rings is 1. The van der Waals surface area contributed by atoms with E-state index >= 15 is 0 Å². The highest BCUT2D eigenvalue weighted by Crippen LogP contribution is 2.26. The van der Waals surface area contributed by atoms with Crippen LogP contribution < -0.4 is 5.32 Å². The molecule has 0 saturated carbocycles. The summed E-state index contributed by atoms with van der Waals surface area (Å²) in [5.74, 6) is -0.198. The molecule has 1 amide bonds. The van der Waals surface area contributed by atoms with Crippen molar-refractivity contribution < 1.29 is 4.79 Å². The lowest BCUT2D eigenvalue weighted by Gasteiger charge is -1.94. The van der Waals surface area contributed by atoms with Crippen LogP contribution in [0.5, 0.6) is 0 Å². The van der Waals surface area contributed by atoms with Gasteiger partial charge in [0.2, 0.25) is 5.91 Å². The monoisotopic (exact) mass is 315 g/mol. The van der Waals surface area contributed by atoms with E-state index in [4.69, 9.17) is 0 Å². The van der Waals surface area contributed by atoms with Gasteiger partial charge in [-0.1, -0.05) is 17.4 Å². The molecule has 3 rings (SSSR count). The second-order valence-electron chi connectivity index (χ2n) is 4.60. The van der Waals surface area contributed by atoms with Crippen molar-refractivity contribution in [3.8, 4) is 0 Å². The van der Waals surface area contributed by atoms with Crippen molar-refractivity contribution in [1.82, 2.24) is 9.97 Å². The third kappa shape index (κ3) is 3.34. The van der Waals surface area contributed by atoms with Gasteiger partial charge in [0.25, 0.3) is 0 Å². The number of aryl methyl sites for hydroxylation is 2. The Kier molecular flexibility index (Phi) is 3.81. The smallest absolute Gasteiger partial charge is 0.250 e. The van der Waals surface area contributed by atoms with Gasteiger partial charge in [-0.25, -0.2) is 9.97 Å². The molecule has 2 aromatic heterocycles. The number of hydrogen-bond acceptors (Lipinski definition) is 5. The van der Waals surface area contributed by atoms with Crippen LogP contribution in [-0.4, -0.2) is 15.9 Å². The van der Waals surface area contributed by atoms with Crippen LogP contribution in [0.2, 0.25) is 0 Å². The molecule has 1 aromatic carbocycles. The van der Waals surface area contributed by atoms with E-state index in [9.17, 15) is 4.79 Å². The molecule has 0 bridgehead atoms. The Hall–Kier alpha value is -2.05. The van der Waals surface area contributed by atoms with Crippen molar-refractivity contribution in [2.24, 2.45) is 0 Å². The SMILES string of the molecule is Cc1ccc2nc(NC(=O)/C=C/c3csc(C)n3)sc2c1. The number of hydrogen-bond donors (Lipinski definition) is 1. The van der Waals surface area contributed by atoms with E-state index in [-0.39, 0.29) is 5.91 Å². The van der Waals surface area contributed by atoms with E-state index in [1.54, 1.807) is 17.4 Å². The van der Waals surface area contributed by atoms with E-state index in [0.717, 1.165) is 20.9 Å². The number of nitrogens with zero attached hydrogens (tertiary/aromatic N) is 2. The molecule has 0 spiro atoms. The summed E-state index contributed by atoms with van der Waals surface area (Å²) in [5.41, 5.74) is 2.88. The zero-order valence-electron chi connectivity index (χ0n) is 11.6. The molecule has 3 aromatic rings. The van der Waals surface area contributed by atoms with Crippen molar-refractivity contribution >= 4 is 50.0 Å². The zero-order chi connectivity index (χ0) is 14.8. The fourth-order valence-corrected chi connectivity index (χ4v) is 3.40. The number of aromatic nitrogens is 2. The first-order valence-electron chi connectivity index (χ1n) is 6.38. The lowest BCUT2D eigenvalue weighted by atomic mass is 10.2. The van der Waals surface area contributed by atoms with Gasteiger partial charge in [0.1, 0.15) is 0 Å².